The fraction of sp³-hybridized carbons (Fsp3) is 0.690. The molecule has 8 heteroatoms. The second kappa shape index (κ2) is 12.7. The van der Waals surface area contributed by atoms with E-state index in [1.807, 2.05) is 13.8 Å². The van der Waals surface area contributed by atoms with E-state index in [0.29, 0.717) is 67.4 Å². The standard InChI is InChI=1S/C29H44N2O6/c1-17(2)30-27(35)21(12-9-10-13-22-20(5)25(33)18(3)19(4)26(22)34)16-24(32)23-14-11-15-31(23)28(36)37-29(6,7)8/h17,21,23H,9-16H2,1-8H3,(H,30,35)/t21-,23+/m1/s1. The molecule has 1 saturated heterocycles. The molecule has 1 heterocycles. The highest BCUT2D eigenvalue weighted by Crippen LogP contribution is 2.29. The summed E-state index contributed by atoms with van der Waals surface area (Å²) in [6.07, 6.45) is 3.02. The second-order valence-electron chi connectivity index (χ2n) is 11.6. The lowest BCUT2D eigenvalue weighted by atomic mass is 9.83. The molecule has 0 bridgehead atoms. The maximum absolute atomic E-state index is 13.3. The number of allylic oxidation sites excluding steroid dienone is 4. The monoisotopic (exact) mass is 516 g/mol. The first-order valence-electron chi connectivity index (χ1n) is 13.4. The molecule has 206 valence electrons. The molecule has 8 nitrogen and oxygen atoms in total. The van der Waals surface area contributed by atoms with Gasteiger partial charge in [0.15, 0.2) is 17.3 Å². The third-order valence-corrected chi connectivity index (χ3v) is 7.04. The summed E-state index contributed by atoms with van der Waals surface area (Å²) in [5.41, 5.74) is 1.39. The topological polar surface area (TPSA) is 110 Å². The lowest BCUT2D eigenvalue weighted by Gasteiger charge is -2.28. The molecule has 0 aromatic heterocycles. The number of rotatable bonds is 10. The van der Waals surface area contributed by atoms with Crippen molar-refractivity contribution >= 4 is 29.4 Å². The molecule has 2 rings (SSSR count). The third-order valence-electron chi connectivity index (χ3n) is 7.04. The molecule has 0 spiro atoms. The third kappa shape index (κ3) is 8.11. The van der Waals surface area contributed by atoms with E-state index in [1.54, 1.807) is 41.5 Å². The molecule has 0 aromatic rings. The summed E-state index contributed by atoms with van der Waals surface area (Å²) >= 11 is 0. The Morgan fingerprint density at radius 1 is 1.00 bits per heavy atom. The molecule has 0 radical (unpaired) electrons. The van der Waals surface area contributed by atoms with Gasteiger partial charge in [0.2, 0.25) is 5.91 Å². The molecule has 1 fully saturated rings. The van der Waals surface area contributed by atoms with Gasteiger partial charge in [-0.2, -0.15) is 0 Å². The highest BCUT2D eigenvalue weighted by Gasteiger charge is 2.38. The average molecular weight is 517 g/mol. The first-order chi connectivity index (χ1) is 17.1. The van der Waals surface area contributed by atoms with Crippen molar-refractivity contribution in [2.75, 3.05) is 6.54 Å². The molecule has 2 aliphatic rings. The lowest BCUT2D eigenvalue weighted by molar-refractivity contribution is -0.131. The molecule has 1 N–H and O–H groups in total. The van der Waals surface area contributed by atoms with Crippen LogP contribution in [0.3, 0.4) is 0 Å². The number of carbonyl (C=O) groups is 5. The number of likely N-dealkylation sites (tertiary alicyclic amines) is 1. The van der Waals surface area contributed by atoms with Crippen molar-refractivity contribution in [3.63, 3.8) is 0 Å². The summed E-state index contributed by atoms with van der Waals surface area (Å²) in [5.74, 6) is -1.01. The van der Waals surface area contributed by atoms with E-state index in [4.69, 9.17) is 4.74 Å². The first-order valence-corrected chi connectivity index (χ1v) is 13.4. The van der Waals surface area contributed by atoms with E-state index in [1.165, 1.54) is 4.90 Å². The Morgan fingerprint density at radius 2 is 1.62 bits per heavy atom. The van der Waals surface area contributed by atoms with Gasteiger partial charge in [0.1, 0.15) is 5.60 Å². The summed E-state index contributed by atoms with van der Waals surface area (Å²) in [7, 11) is 0. The Labute approximate surface area is 221 Å². The van der Waals surface area contributed by atoms with Crippen molar-refractivity contribution in [3.05, 3.63) is 22.3 Å². The van der Waals surface area contributed by atoms with Gasteiger partial charge in [0.25, 0.3) is 0 Å². The highest BCUT2D eigenvalue weighted by molar-refractivity contribution is 6.24. The molecule has 0 aromatic carbocycles. The molecule has 1 aliphatic carbocycles. The highest BCUT2D eigenvalue weighted by atomic mass is 16.6. The van der Waals surface area contributed by atoms with Crippen molar-refractivity contribution in [3.8, 4) is 0 Å². The van der Waals surface area contributed by atoms with Gasteiger partial charge in [-0.3, -0.25) is 24.1 Å². The van der Waals surface area contributed by atoms with Crippen molar-refractivity contribution < 1.29 is 28.7 Å². The number of unbranched alkanes of at least 4 members (excludes halogenated alkanes) is 1. The normalized spacial score (nSPS) is 19.6. The van der Waals surface area contributed by atoms with Crippen LogP contribution in [0.2, 0.25) is 0 Å². The maximum Gasteiger partial charge on any atom is 0.410 e. The number of Topliss-reactive ketones (excluding diaryl/α,β-unsaturated/α-hetero) is 3. The molecule has 37 heavy (non-hydrogen) atoms. The van der Waals surface area contributed by atoms with Crippen LogP contribution >= 0.6 is 0 Å². The van der Waals surface area contributed by atoms with Crippen LogP contribution in [0, 0.1) is 5.92 Å². The van der Waals surface area contributed by atoms with Crippen LogP contribution in [0.5, 0.6) is 0 Å². The second-order valence-corrected chi connectivity index (χ2v) is 11.6. The van der Waals surface area contributed by atoms with Gasteiger partial charge in [-0.1, -0.05) is 6.42 Å². The molecule has 2 atom stereocenters. The van der Waals surface area contributed by atoms with Crippen molar-refractivity contribution in [2.24, 2.45) is 5.92 Å². The summed E-state index contributed by atoms with van der Waals surface area (Å²) in [4.78, 5) is 65.5. The van der Waals surface area contributed by atoms with Crippen LogP contribution in [0.15, 0.2) is 22.3 Å². The molecule has 0 unspecified atom stereocenters. The number of ketones is 3. The number of hydrogen-bond donors (Lipinski definition) is 1. The SMILES string of the molecule is CC1=C(C)C(=O)C(CCCC[C@H](CC(=O)[C@@H]2CCCN2C(=O)OC(C)(C)C)C(=O)NC(C)C)=C(C)C1=O. The predicted molar refractivity (Wildman–Crippen MR) is 142 cm³/mol. The van der Waals surface area contributed by atoms with Crippen LogP contribution in [0.4, 0.5) is 4.79 Å². The minimum absolute atomic E-state index is 0.0443. The van der Waals surface area contributed by atoms with E-state index < -0.39 is 23.7 Å². The van der Waals surface area contributed by atoms with Crippen LogP contribution in [-0.2, 0) is 23.9 Å². The quantitative estimate of drug-likeness (QED) is 0.328. The van der Waals surface area contributed by atoms with E-state index >= 15 is 0 Å². The first kappa shape index (κ1) is 30.5. The molecular formula is C29H44N2O6. The summed E-state index contributed by atoms with van der Waals surface area (Å²) in [6, 6.07) is -0.646. The number of nitrogens with one attached hydrogen (secondary N) is 1. The minimum Gasteiger partial charge on any atom is -0.444 e. The van der Waals surface area contributed by atoms with Gasteiger partial charge >= 0.3 is 6.09 Å². The zero-order valence-corrected chi connectivity index (χ0v) is 23.8. The largest absolute Gasteiger partial charge is 0.444 e. The number of amides is 2. The van der Waals surface area contributed by atoms with Gasteiger partial charge < -0.3 is 10.1 Å². The number of nitrogens with zero attached hydrogens (tertiary/aromatic N) is 1. The minimum atomic E-state index is -0.655. The molecule has 2 amide bonds. The summed E-state index contributed by atoms with van der Waals surface area (Å²) in [6.45, 7) is 14.6. The lowest BCUT2D eigenvalue weighted by Crippen LogP contribution is -2.45. The Hall–Kier alpha value is -2.77. The zero-order valence-electron chi connectivity index (χ0n) is 23.8. The smallest absolute Gasteiger partial charge is 0.410 e. The molecule has 1 aliphatic heterocycles. The predicted octanol–water partition coefficient (Wildman–Crippen LogP) is 4.85. The van der Waals surface area contributed by atoms with Crippen molar-refractivity contribution in [1.82, 2.24) is 10.2 Å². The Balaban J connectivity index is 2.04. The summed E-state index contributed by atoms with van der Waals surface area (Å²) in [5, 5.41) is 2.91. The Morgan fingerprint density at radius 3 is 2.22 bits per heavy atom. The van der Waals surface area contributed by atoms with Gasteiger partial charge in [-0.25, -0.2) is 4.79 Å². The zero-order chi connectivity index (χ0) is 28.1. The van der Waals surface area contributed by atoms with Crippen LogP contribution in [0.25, 0.3) is 0 Å². The van der Waals surface area contributed by atoms with E-state index in [0.717, 1.165) is 0 Å². The fourth-order valence-electron chi connectivity index (χ4n) is 4.90. The fourth-order valence-corrected chi connectivity index (χ4v) is 4.90. The van der Waals surface area contributed by atoms with Gasteiger partial charge in [-0.05, 0) is 87.5 Å². The summed E-state index contributed by atoms with van der Waals surface area (Å²) < 4.78 is 5.48. The number of ether oxygens (including phenoxy) is 1. The van der Waals surface area contributed by atoms with Crippen LogP contribution in [0.1, 0.15) is 100 Å². The van der Waals surface area contributed by atoms with Gasteiger partial charge in [0.05, 0.1) is 6.04 Å². The van der Waals surface area contributed by atoms with Gasteiger partial charge in [0, 0.05) is 47.2 Å². The van der Waals surface area contributed by atoms with Crippen LogP contribution < -0.4 is 5.32 Å². The van der Waals surface area contributed by atoms with E-state index in [-0.39, 0.29) is 35.7 Å². The van der Waals surface area contributed by atoms with Crippen molar-refractivity contribution in [2.45, 2.75) is 118 Å². The maximum atomic E-state index is 13.3. The molecular weight excluding hydrogens is 472 g/mol. The number of carbonyl (C=O) groups excluding carboxylic acids is 5. The Bertz CT molecular complexity index is 998. The van der Waals surface area contributed by atoms with E-state index in [9.17, 15) is 24.0 Å². The Kier molecular flexibility index (Phi) is 10.4. The van der Waals surface area contributed by atoms with Gasteiger partial charge in [-0.15, -0.1) is 0 Å². The average Bonchev–Trinajstić information content (AvgIpc) is 3.29. The van der Waals surface area contributed by atoms with Crippen molar-refractivity contribution in [1.29, 1.82) is 0 Å². The van der Waals surface area contributed by atoms with E-state index in [2.05, 4.69) is 5.32 Å². The number of hydrogen-bond acceptors (Lipinski definition) is 6. The van der Waals surface area contributed by atoms with Crippen LogP contribution in [-0.4, -0.2) is 58.5 Å². The molecule has 0 saturated carbocycles.